The summed E-state index contributed by atoms with van der Waals surface area (Å²) >= 11 is 0. The van der Waals surface area contributed by atoms with Gasteiger partial charge in [0.15, 0.2) is 0 Å². The topological polar surface area (TPSA) is 71.1 Å². The zero-order valence-corrected chi connectivity index (χ0v) is 16.0. The third-order valence-corrected chi connectivity index (χ3v) is 5.17. The molecule has 28 heavy (non-hydrogen) atoms. The van der Waals surface area contributed by atoms with Crippen LogP contribution < -0.4 is 10.3 Å². The molecule has 3 heterocycles. The van der Waals surface area contributed by atoms with Crippen LogP contribution in [0.3, 0.4) is 0 Å². The molecule has 0 aliphatic carbocycles. The van der Waals surface area contributed by atoms with Crippen molar-refractivity contribution in [3.8, 4) is 17.0 Å². The highest BCUT2D eigenvalue weighted by Gasteiger charge is 2.24. The summed E-state index contributed by atoms with van der Waals surface area (Å²) in [4.78, 5) is 26.4. The molecule has 1 aliphatic rings. The number of ether oxygens (including phenoxy) is 1. The molecule has 1 aromatic carbocycles. The molecule has 0 unspecified atom stereocenters. The van der Waals surface area contributed by atoms with Gasteiger partial charge in [0.2, 0.25) is 0 Å². The fourth-order valence-electron chi connectivity index (χ4n) is 3.79. The Morgan fingerprint density at radius 2 is 2.07 bits per heavy atom. The summed E-state index contributed by atoms with van der Waals surface area (Å²) < 4.78 is 5.33. The van der Waals surface area contributed by atoms with Crippen LogP contribution in [0.2, 0.25) is 0 Å². The lowest BCUT2D eigenvalue weighted by Crippen LogP contribution is -2.35. The second kappa shape index (κ2) is 8.35. The first-order valence-electron chi connectivity index (χ1n) is 9.58. The number of benzene rings is 1. The molecular formula is C22H24N4O2. The number of hydrogen-bond acceptors (Lipinski definition) is 5. The van der Waals surface area contributed by atoms with E-state index in [0.717, 1.165) is 49.6 Å². The van der Waals surface area contributed by atoms with Crippen molar-refractivity contribution in [3.63, 3.8) is 0 Å². The average molecular weight is 376 g/mol. The summed E-state index contributed by atoms with van der Waals surface area (Å²) in [6, 6.07) is 13.5. The minimum atomic E-state index is -0.110. The number of methoxy groups -OCH3 is 1. The van der Waals surface area contributed by atoms with Gasteiger partial charge in [0.1, 0.15) is 11.6 Å². The molecule has 0 radical (unpaired) electrons. The number of pyridine rings is 1. The lowest BCUT2D eigenvalue weighted by Gasteiger charge is -2.32. The number of rotatable bonds is 5. The van der Waals surface area contributed by atoms with E-state index in [4.69, 9.17) is 9.72 Å². The molecule has 4 rings (SSSR count). The molecule has 144 valence electrons. The van der Waals surface area contributed by atoms with Gasteiger partial charge in [-0.1, -0.05) is 12.1 Å². The van der Waals surface area contributed by atoms with E-state index in [-0.39, 0.29) is 11.5 Å². The predicted octanol–water partition coefficient (Wildman–Crippen LogP) is 3.22. The maximum Gasteiger partial charge on any atom is 0.251 e. The molecule has 6 heteroatoms. The molecule has 0 amide bonds. The zero-order valence-electron chi connectivity index (χ0n) is 16.0. The third kappa shape index (κ3) is 4.28. The minimum Gasteiger partial charge on any atom is -0.497 e. The van der Waals surface area contributed by atoms with Crippen molar-refractivity contribution in [2.75, 3.05) is 20.2 Å². The quantitative estimate of drug-likeness (QED) is 0.740. The second-order valence-electron chi connectivity index (χ2n) is 7.18. The van der Waals surface area contributed by atoms with Crippen molar-refractivity contribution in [1.29, 1.82) is 0 Å². The number of aromatic nitrogens is 3. The third-order valence-electron chi connectivity index (χ3n) is 5.17. The Balaban J connectivity index is 1.53. The molecule has 1 atom stereocenters. The normalized spacial score (nSPS) is 17.4. The van der Waals surface area contributed by atoms with Crippen LogP contribution in [0.1, 0.15) is 30.1 Å². The summed E-state index contributed by atoms with van der Waals surface area (Å²) in [5.41, 5.74) is 2.73. The standard InChI is InChI=1S/C22H24N4O2/c1-28-19-6-2-4-16(12-19)14-26-11-3-5-18(15-26)22-24-20(13-21(27)25-22)17-7-9-23-10-8-17/h2,4,6-10,12-13,18H,3,5,11,14-15H2,1H3,(H,24,25,27)/t18-/m0/s1. The maximum absolute atomic E-state index is 12.2. The van der Waals surface area contributed by atoms with Gasteiger partial charge in [-0.05, 0) is 49.2 Å². The smallest absolute Gasteiger partial charge is 0.251 e. The minimum absolute atomic E-state index is 0.110. The van der Waals surface area contributed by atoms with E-state index in [9.17, 15) is 4.79 Å². The van der Waals surface area contributed by atoms with Gasteiger partial charge in [0.25, 0.3) is 5.56 Å². The Morgan fingerprint density at radius 3 is 2.89 bits per heavy atom. The van der Waals surface area contributed by atoms with Crippen molar-refractivity contribution in [1.82, 2.24) is 19.9 Å². The molecule has 1 fully saturated rings. The van der Waals surface area contributed by atoms with E-state index in [1.807, 2.05) is 24.3 Å². The fourth-order valence-corrected chi connectivity index (χ4v) is 3.79. The van der Waals surface area contributed by atoms with Crippen molar-refractivity contribution in [3.05, 3.63) is 76.6 Å². The van der Waals surface area contributed by atoms with E-state index < -0.39 is 0 Å². The highest BCUT2D eigenvalue weighted by atomic mass is 16.5. The molecule has 1 N–H and O–H groups in total. The van der Waals surface area contributed by atoms with E-state index >= 15 is 0 Å². The number of piperidine rings is 1. The lowest BCUT2D eigenvalue weighted by molar-refractivity contribution is 0.196. The van der Waals surface area contributed by atoms with Crippen molar-refractivity contribution < 1.29 is 4.74 Å². The Kier molecular flexibility index (Phi) is 5.48. The Labute approximate surface area is 164 Å². The molecule has 0 spiro atoms. The largest absolute Gasteiger partial charge is 0.497 e. The van der Waals surface area contributed by atoms with Crippen LogP contribution in [0.4, 0.5) is 0 Å². The monoisotopic (exact) mass is 376 g/mol. The first-order chi connectivity index (χ1) is 13.7. The van der Waals surface area contributed by atoms with E-state index in [1.165, 1.54) is 5.56 Å². The maximum atomic E-state index is 12.2. The van der Waals surface area contributed by atoms with Gasteiger partial charge in [0.05, 0.1) is 12.8 Å². The number of nitrogens with zero attached hydrogens (tertiary/aromatic N) is 3. The second-order valence-corrected chi connectivity index (χ2v) is 7.18. The molecule has 1 saturated heterocycles. The fraction of sp³-hybridized carbons (Fsp3) is 0.318. The van der Waals surface area contributed by atoms with Crippen LogP contribution in [-0.4, -0.2) is 40.1 Å². The Morgan fingerprint density at radius 1 is 1.21 bits per heavy atom. The SMILES string of the molecule is COc1cccc(CN2CCC[C@H](c3nc(-c4ccncc4)cc(=O)[nH]3)C2)c1. The summed E-state index contributed by atoms with van der Waals surface area (Å²) in [5, 5.41) is 0. The average Bonchev–Trinajstić information content (AvgIpc) is 2.74. The van der Waals surface area contributed by atoms with Crippen LogP contribution in [0.5, 0.6) is 5.75 Å². The Hall–Kier alpha value is -2.99. The summed E-state index contributed by atoms with van der Waals surface area (Å²) in [6.45, 7) is 2.78. The van der Waals surface area contributed by atoms with Gasteiger partial charge in [-0.15, -0.1) is 0 Å². The summed E-state index contributed by atoms with van der Waals surface area (Å²) in [7, 11) is 1.69. The van der Waals surface area contributed by atoms with E-state index in [0.29, 0.717) is 5.69 Å². The van der Waals surface area contributed by atoms with Gasteiger partial charge < -0.3 is 9.72 Å². The van der Waals surface area contributed by atoms with Crippen molar-refractivity contribution in [2.45, 2.75) is 25.3 Å². The van der Waals surface area contributed by atoms with Crippen LogP contribution in [-0.2, 0) is 6.54 Å². The van der Waals surface area contributed by atoms with Crippen molar-refractivity contribution >= 4 is 0 Å². The number of hydrogen-bond donors (Lipinski definition) is 1. The van der Waals surface area contributed by atoms with Crippen LogP contribution in [0.15, 0.2) is 59.7 Å². The number of likely N-dealkylation sites (tertiary alicyclic amines) is 1. The zero-order chi connectivity index (χ0) is 19.3. The number of aromatic amines is 1. The van der Waals surface area contributed by atoms with Gasteiger partial charge in [0, 0.05) is 43.0 Å². The van der Waals surface area contributed by atoms with E-state index in [1.54, 1.807) is 25.6 Å². The first-order valence-corrected chi connectivity index (χ1v) is 9.58. The highest BCUT2D eigenvalue weighted by Crippen LogP contribution is 2.27. The lowest BCUT2D eigenvalue weighted by atomic mass is 9.96. The summed E-state index contributed by atoms with van der Waals surface area (Å²) in [6.07, 6.45) is 5.54. The van der Waals surface area contributed by atoms with Gasteiger partial charge in [-0.25, -0.2) is 4.98 Å². The van der Waals surface area contributed by atoms with Crippen LogP contribution >= 0.6 is 0 Å². The highest BCUT2D eigenvalue weighted by molar-refractivity contribution is 5.57. The van der Waals surface area contributed by atoms with Crippen LogP contribution in [0.25, 0.3) is 11.3 Å². The number of nitrogens with one attached hydrogen (secondary N) is 1. The molecule has 3 aromatic rings. The summed E-state index contributed by atoms with van der Waals surface area (Å²) in [5.74, 6) is 1.87. The van der Waals surface area contributed by atoms with Crippen LogP contribution in [0, 0.1) is 0 Å². The molecular weight excluding hydrogens is 352 g/mol. The molecule has 6 nitrogen and oxygen atoms in total. The molecule has 0 saturated carbocycles. The first kappa shape index (κ1) is 18.4. The Bertz CT molecular complexity index is 987. The number of H-pyrrole nitrogens is 1. The molecule has 2 aromatic heterocycles. The van der Waals surface area contributed by atoms with Gasteiger partial charge >= 0.3 is 0 Å². The molecule has 1 aliphatic heterocycles. The van der Waals surface area contributed by atoms with Gasteiger partial charge in [-0.2, -0.15) is 0 Å². The van der Waals surface area contributed by atoms with Crippen molar-refractivity contribution in [2.24, 2.45) is 0 Å². The van der Waals surface area contributed by atoms with Gasteiger partial charge in [-0.3, -0.25) is 14.7 Å². The molecule has 0 bridgehead atoms. The predicted molar refractivity (Wildman–Crippen MR) is 108 cm³/mol. The van der Waals surface area contributed by atoms with E-state index in [2.05, 4.69) is 27.0 Å².